The first kappa shape index (κ1) is 17.7. The third kappa shape index (κ3) is 7.93. The molecule has 0 radical (unpaired) electrons. The van der Waals surface area contributed by atoms with Gasteiger partial charge in [-0.2, -0.15) is 0 Å². The smallest absolute Gasteiger partial charge is 0.222 e. The van der Waals surface area contributed by atoms with Gasteiger partial charge in [0.1, 0.15) is 0 Å². The van der Waals surface area contributed by atoms with Crippen LogP contribution in [0.5, 0.6) is 0 Å². The zero-order valence-corrected chi connectivity index (χ0v) is 13.0. The van der Waals surface area contributed by atoms with Gasteiger partial charge in [-0.15, -0.1) is 11.6 Å². The lowest BCUT2D eigenvalue weighted by Gasteiger charge is -2.23. The molecule has 0 saturated carbocycles. The molecule has 0 aliphatic heterocycles. The molecule has 1 amide bonds. The fourth-order valence-corrected chi connectivity index (χ4v) is 2.20. The van der Waals surface area contributed by atoms with Crippen LogP contribution >= 0.6 is 11.6 Å². The van der Waals surface area contributed by atoms with Crippen LogP contribution in [0.25, 0.3) is 0 Å². The van der Waals surface area contributed by atoms with Crippen molar-refractivity contribution in [3.05, 3.63) is 0 Å². The molecule has 0 unspecified atom stereocenters. The van der Waals surface area contributed by atoms with E-state index in [0.29, 0.717) is 12.3 Å². The Morgan fingerprint density at radius 2 is 1.61 bits per heavy atom. The van der Waals surface area contributed by atoms with Crippen LogP contribution in [0, 0.1) is 0 Å². The summed E-state index contributed by atoms with van der Waals surface area (Å²) in [5.74, 6) is 0.934. The van der Waals surface area contributed by atoms with Gasteiger partial charge in [-0.25, -0.2) is 0 Å². The summed E-state index contributed by atoms with van der Waals surface area (Å²) in [6.07, 6.45) is 3.56. The SMILES string of the molecule is CCN(CC)CCCN(CC)C(=O)CCCCCl. The van der Waals surface area contributed by atoms with Crippen LogP contribution in [0.3, 0.4) is 0 Å². The Kier molecular flexibility index (Phi) is 11.6. The van der Waals surface area contributed by atoms with Crippen LogP contribution in [0.4, 0.5) is 0 Å². The summed E-state index contributed by atoms with van der Waals surface area (Å²) in [5, 5.41) is 0. The molecular weight excluding hydrogens is 248 g/mol. The first-order valence-corrected chi connectivity index (χ1v) is 7.79. The van der Waals surface area contributed by atoms with Gasteiger partial charge < -0.3 is 9.80 Å². The number of hydrogen-bond acceptors (Lipinski definition) is 2. The second-order valence-corrected chi connectivity index (χ2v) is 4.88. The molecule has 3 nitrogen and oxygen atoms in total. The molecule has 0 aromatic carbocycles. The minimum absolute atomic E-state index is 0.280. The Hall–Kier alpha value is -0.280. The normalized spacial score (nSPS) is 10.9. The van der Waals surface area contributed by atoms with Crippen molar-refractivity contribution in [2.75, 3.05) is 38.6 Å². The van der Waals surface area contributed by atoms with Crippen LogP contribution in [0.15, 0.2) is 0 Å². The van der Waals surface area contributed by atoms with E-state index in [-0.39, 0.29) is 5.91 Å². The summed E-state index contributed by atoms with van der Waals surface area (Å²) < 4.78 is 0. The van der Waals surface area contributed by atoms with Crippen molar-refractivity contribution in [1.29, 1.82) is 0 Å². The van der Waals surface area contributed by atoms with E-state index in [2.05, 4.69) is 25.7 Å². The molecule has 18 heavy (non-hydrogen) atoms. The van der Waals surface area contributed by atoms with E-state index >= 15 is 0 Å². The molecule has 0 aromatic heterocycles. The number of amides is 1. The number of rotatable bonds is 11. The van der Waals surface area contributed by atoms with E-state index in [0.717, 1.165) is 52.0 Å². The number of carbonyl (C=O) groups excluding carboxylic acids is 1. The van der Waals surface area contributed by atoms with Crippen molar-refractivity contribution in [3.8, 4) is 0 Å². The lowest BCUT2D eigenvalue weighted by Crippen LogP contribution is -2.34. The summed E-state index contributed by atoms with van der Waals surface area (Å²) in [7, 11) is 0. The summed E-state index contributed by atoms with van der Waals surface area (Å²) in [6.45, 7) is 11.4. The zero-order chi connectivity index (χ0) is 13.8. The van der Waals surface area contributed by atoms with Crippen molar-refractivity contribution in [1.82, 2.24) is 9.80 Å². The number of nitrogens with zero attached hydrogens (tertiary/aromatic N) is 2. The predicted molar refractivity (Wildman–Crippen MR) is 79.2 cm³/mol. The highest BCUT2D eigenvalue weighted by Crippen LogP contribution is 2.03. The highest BCUT2D eigenvalue weighted by Gasteiger charge is 2.11. The van der Waals surface area contributed by atoms with E-state index < -0.39 is 0 Å². The molecule has 0 N–H and O–H groups in total. The second-order valence-electron chi connectivity index (χ2n) is 4.50. The van der Waals surface area contributed by atoms with E-state index in [9.17, 15) is 4.79 Å². The third-order valence-electron chi connectivity index (χ3n) is 3.31. The second kappa shape index (κ2) is 11.8. The van der Waals surface area contributed by atoms with Crippen LogP contribution in [-0.4, -0.2) is 54.3 Å². The highest BCUT2D eigenvalue weighted by atomic mass is 35.5. The summed E-state index contributed by atoms with van der Waals surface area (Å²) >= 11 is 5.62. The largest absolute Gasteiger partial charge is 0.343 e. The maximum atomic E-state index is 11.9. The van der Waals surface area contributed by atoms with Crippen molar-refractivity contribution in [2.24, 2.45) is 0 Å². The average Bonchev–Trinajstić information content (AvgIpc) is 2.39. The van der Waals surface area contributed by atoms with Gasteiger partial charge in [0.25, 0.3) is 0 Å². The number of unbranched alkanes of at least 4 members (excludes halogenated alkanes) is 1. The minimum atomic E-state index is 0.280. The molecule has 0 heterocycles. The number of alkyl halides is 1. The minimum Gasteiger partial charge on any atom is -0.343 e. The Balaban J connectivity index is 3.84. The average molecular weight is 277 g/mol. The maximum absolute atomic E-state index is 11.9. The topological polar surface area (TPSA) is 23.6 Å². The first-order valence-electron chi connectivity index (χ1n) is 7.25. The number of halogens is 1. The first-order chi connectivity index (χ1) is 8.69. The fourth-order valence-electron chi connectivity index (χ4n) is 2.01. The van der Waals surface area contributed by atoms with Crippen molar-refractivity contribution < 1.29 is 4.79 Å². The van der Waals surface area contributed by atoms with Gasteiger partial charge in [0, 0.05) is 25.4 Å². The van der Waals surface area contributed by atoms with Gasteiger partial charge in [0.2, 0.25) is 5.91 Å². The Morgan fingerprint density at radius 1 is 0.944 bits per heavy atom. The Morgan fingerprint density at radius 3 is 2.11 bits per heavy atom. The van der Waals surface area contributed by atoms with Gasteiger partial charge >= 0.3 is 0 Å². The molecular formula is C14H29ClN2O. The van der Waals surface area contributed by atoms with Gasteiger partial charge in [-0.1, -0.05) is 13.8 Å². The number of carbonyl (C=O) groups is 1. The van der Waals surface area contributed by atoms with Gasteiger partial charge in [0.05, 0.1) is 0 Å². The van der Waals surface area contributed by atoms with Crippen LogP contribution in [-0.2, 0) is 4.79 Å². The molecule has 0 aliphatic carbocycles. The fraction of sp³-hybridized carbons (Fsp3) is 0.929. The van der Waals surface area contributed by atoms with Crippen molar-refractivity contribution in [3.63, 3.8) is 0 Å². The molecule has 0 bridgehead atoms. The number of hydrogen-bond donors (Lipinski definition) is 0. The quantitative estimate of drug-likeness (QED) is 0.428. The molecule has 4 heteroatoms. The highest BCUT2D eigenvalue weighted by molar-refractivity contribution is 6.17. The van der Waals surface area contributed by atoms with Crippen LogP contribution < -0.4 is 0 Å². The zero-order valence-electron chi connectivity index (χ0n) is 12.3. The lowest BCUT2D eigenvalue weighted by molar-refractivity contribution is -0.131. The van der Waals surface area contributed by atoms with E-state index in [1.54, 1.807) is 0 Å². The lowest BCUT2D eigenvalue weighted by atomic mass is 10.2. The van der Waals surface area contributed by atoms with Crippen LogP contribution in [0.2, 0.25) is 0 Å². The molecule has 0 aliphatic rings. The molecule has 0 fully saturated rings. The predicted octanol–water partition coefficient (Wildman–Crippen LogP) is 2.98. The van der Waals surface area contributed by atoms with Crippen molar-refractivity contribution >= 4 is 17.5 Å². The standard InChI is InChI=1S/C14H29ClN2O/c1-4-16(5-2)12-9-13-17(6-3)14(18)10-7-8-11-15/h4-13H2,1-3H3. The molecule has 0 spiro atoms. The van der Waals surface area contributed by atoms with E-state index in [1.807, 2.05) is 4.90 Å². The third-order valence-corrected chi connectivity index (χ3v) is 3.57. The molecule has 0 aromatic rings. The van der Waals surface area contributed by atoms with Gasteiger partial charge in [0.15, 0.2) is 0 Å². The molecule has 108 valence electrons. The molecule has 0 atom stereocenters. The van der Waals surface area contributed by atoms with Crippen molar-refractivity contribution in [2.45, 2.75) is 46.5 Å². The van der Waals surface area contributed by atoms with E-state index in [4.69, 9.17) is 11.6 Å². The monoisotopic (exact) mass is 276 g/mol. The summed E-state index contributed by atoms with van der Waals surface area (Å²) in [6, 6.07) is 0. The summed E-state index contributed by atoms with van der Waals surface area (Å²) in [4.78, 5) is 16.3. The van der Waals surface area contributed by atoms with Gasteiger partial charge in [-0.3, -0.25) is 4.79 Å². The van der Waals surface area contributed by atoms with Gasteiger partial charge in [-0.05, 0) is 45.8 Å². The molecule has 0 saturated heterocycles. The maximum Gasteiger partial charge on any atom is 0.222 e. The Bertz CT molecular complexity index is 208. The van der Waals surface area contributed by atoms with Crippen LogP contribution in [0.1, 0.15) is 46.5 Å². The Labute approximate surface area is 117 Å². The summed E-state index contributed by atoms with van der Waals surface area (Å²) in [5.41, 5.74) is 0. The van der Waals surface area contributed by atoms with E-state index in [1.165, 1.54) is 0 Å². The molecule has 0 rings (SSSR count).